The summed E-state index contributed by atoms with van der Waals surface area (Å²) >= 11 is 0.993. The summed E-state index contributed by atoms with van der Waals surface area (Å²) in [4.78, 5) is 8.69. The average molecular weight is 180 g/mol. The van der Waals surface area contributed by atoms with Crippen LogP contribution in [0.25, 0.3) is 0 Å². The van der Waals surface area contributed by atoms with E-state index in [0.29, 0.717) is 16.5 Å². The molecule has 2 N–H and O–H groups in total. The SMILES string of the molecule is Cc1nc(C)c(SC#N)c(N)n1. The molecule has 1 rings (SSSR count). The lowest BCUT2D eigenvalue weighted by molar-refractivity contribution is 0.971. The molecule has 0 spiro atoms. The van der Waals surface area contributed by atoms with Gasteiger partial charge in [0.15, 0.2) is 0 Å². The van der Waals surface area contributed by atoms with Gasteiger partial charge in [-0.15, -0.1) is 0 Å². The Kier molecular flexibility index (Phi) is 2.51. The van der Waals surface area contributed by atoms with Gasteiger partial charge in [-0.05, 0) is 25.6 Å². The van der Waals surface area contributed by atoms with Gasteiger partial charge in [-0.1, -0.05) is 0 Å². The number of nitrogens with two attached hydrogens (primary N) is 1. The third kappa shape index (κ3) is 1.66. The molecule has 0 fully saturated rings. The molecule has 0 aliphatic rings. The molecule has 0 saturated heterocycles. The first-order valence-corrected chi connectivity index (χ1v) is 4.13. The molecule has 12 heavy (non-hydrogen) atoms. The molecule has 1 aromatic rings. The van der Waals surface area contributed by atoms with E-state index in [-0.39, 0.29) is 0 Å². The molecule has 0 aromatic carbocycles. The molecule has 4 nitrogen and oxygen atoms in total. The van der Waals surface area contributed by atoms with Crippen molar-refractivity contribution in [2.75, 3.05) is 5.73 Å². The number of aromatic nitrogens is 2. The van der Waals surface area contributed by atoms with Crippen molar-refractivity contribution in [2.24, 2.45) is 0 Å². The Hall–Kier alpha value is -1.28. The molecule has 62 valence electrons. The summed E-state index contributed by atoms with van der Waals surface area (Å²) in [6.07, 6.45) is 0. The topological polar surface area (TPSA) is 75.6 Å². The number of anilines is 1. The van der Waals surface area contributed by atoms with E-state index in [9.17, 15) is 0 Å². The fraction of sp³-hybridized carbons (Fsp3) is 0.286. The van der Waals surface area contributed by atoms with Crippen LogP contribution in [0.3, 0.4) is 0 Å². The van der Waals surface area contributed by atoms with Crippen LogP contribution in [-0.2, 0) is 0 Å². The standard InChI is InChI=1S/C7H8N4S/c1-4-6(12-3-8)7(9)11-5(2)10-4/h1-2H3,(H2,9,10,11). The Morgan fingerprint density at radius 2 is 2.08 bits per heavy atom. The zero-order valence-electron chi connectivity index (χ0n) is 6.83. The molecule has 0 amide bonds. The molecular weight excluding hydrogens is 172 g/mol. The van der Waals surface area contributed by atoms with Crippen molar-refractivity contribution < 1.29 is 0 Å². The Balaban J connectivity index is 3.21. The maximum Gasteiger partial charge on any atom is 0.142 e. The monoisotopic (exact) mass is 180 g/mol. The highest BCUT2D eigenvalue weighted by Crippen LogP contribution is 2.24. The molecule has 0 aliphatic carbocycles. The van der Waals surface area contributed by atoms with Crippen molar-refractivity contribution in [2.45, 2.75) is 18.7 Å². The maximum atomic E-state index is 8.44. The first kappa shape index (κ1) is 8.81. The lowest BCUT2D eigenvalue weighted by atomic mass is 10.4. The second-order valence-corrected chi connectivity index (χ2v) is 3.06. The average Bonchev–Trinajstić information content (AvgIpc) is 1.96. The van der Waals surface area contributed by atoms with Crippen LogP contribution < -0.4 is 5.73 Å². The van der Waals surface area contributed by atoms with Crippen molar-refractivity contribution in [3.8, 4) is 5.40 Å². The Morgan fingerprint density at radius 3 is 2.58 bits per heavy atom. The van der Waals surface area contributed by atoms with Crippen LogP contribution in [0.15, 0.2) is 4.90 Å². The predicted octanol–water partition coefficient (Wildman–Crippen LogP) is 1.25. The molecule has 0 aliphatic heterocycles. The van der Waals surface area contributed by atoms with Crippen LogP contribution in [0.1, 0.15) is 11.5 Å². The highest BCUT2D eigenvalue weighted by molar-refractivity contribution is 8.03. The second kappa shape index (κ2) is 3.41. The fourth-order valence-corrected chi connectivity index (χ4v) is 1.34. The number of hydrogen-bond acceptors (Lipinski definition) is 5. The number of rotatable bonds is 1. The summed E-state index contributed by atoms with van der Waals surface area (Å²) in [6.45, 7) is 3.58. The van der Waals surface area contributed by atoms with Gasteiger partial charge in [-0.25, -0.2) is 9.97 Å². The summed E-state index contributed by atoms with van der Waals surface area (Å²) in [6, 6.07) is 0. The minimum atomic E-state index is 0.381. The summed E-state index contributed by atoms with van der Waals surface area (Å²) in [5, 5.41) is 10.4. The van der Waals surface area contributed by atoms with Gasteiger partial charge < -0.3 is 5.73 Å². The molecule has 0 saturated carbocycles. The molecule has 5 heteroatoms. The van der Waals surface area contributed by atoms with Crippen molar-refractivity contribution in [3.63, 3.8) is 0 Å². The van der Waals surface area contributed by atoms with E-state index in [1.807, 2.05) is 12.3 Å². The molecule has 0 atom stereocenters. The van der Waals surface area contributed by atoms with Crippen molar-refractivity contribution >= 4 is 17.6 Å². The lowest BCUT2D eigenvalue weighted by Gasteiger charge is -2.03. The number of hydrogen-bond donors (Lipinski definition) is 1. The van der Waals surface area contributed by atoms with E-state index in [1.54, 1.807) is 6.92 Å². The largest absolute Gasteiger partial charge is 0.383 e. The Morgan fingerprint density at radius 1 is 1.42 bits per heavy atom. The van der Waals surface area contributed by atoms with E-state index in [1.165, 1.54) is 0 Å². The third-order valence-corrected chi connectivity index (χ3v) is 2.12. The third-order valence-electron chi connectivity index (χ3n) is 1.32. The van der Waals surface area contributed by atoms with Crippen molar-refractivity contribution in [3.05, 3.63) is 11.5 Å². The van der Waals surface area contributed by atoms with E-state index in [4.69, 9.17) is 11.0 Å². The molecule has 1 aromatic heterocycles. The molecule has 0 radical (unpaired) electrons. The van der Waals surface area contributed by atoms with Gasteiger partial charge in [0.25, 0.3) is 0 Å². The van der Waals surface area contributed by atoms with E-state index in [0.717, 1.165) is 17.5 Å². The van der Waals surface area contributed by atoms with E-state index in [2.05, 4.69) is 9.97 Å². The lowest BCUT2D eigenvalue weighted by Crippen LogP contribution is -2.00. The van der Waals surface area contributed by atoms with Crippen LogP contribution in [0.2, 0.25) is 0 Å². The zero-order valence-corrected chi connectivity index (χ0v) is 7.64. The highest BCUT2D eigenvalue weighted by atomic mass is 32.2. The van der Waals surface area contributed by atoms with Gasteiger partial charge in [-0.3, -0.25) is 0 Å². The summed E-state index contributed by atoms with van der Waals surface area (Å²) in [5.41, 5.74) is 6.34. The van der Waals surface area contributed by atoms with Gasteiger partial charge in [0, 0.05) is 0 Å². The van der Waals surface area contributed by atoms with Crippen LogP contribution in [-0.4, -0.2) is 9.97 Å². The normalized spacial score (nSPS) is 9.42. The number of thiocyanates is 1. The van der Waals surface area contributed by atoms with Crippen LogP contribution >= 0.6 is 11.8 Å². The maximum absolute atomic E-state index is 8.44. The smallest absolute Gasteiger partial charge is 0.142 e. The number of thioether (sulfide) groups is 1. The van der Waals surface area contributed by atoms with Crippen molar-refractivity contribution in [1.82, 2.24) is 9.97 Å². The Labute approximate surface area is 74.8 Å². The van der Waals surface area contributed by atoms with Crippen molar-refractivity contribution in [1.29, 1.82) is 5.26 Å². The number of nitriles is 1. The van der Waals surface area contributed by atoms with Gasteiger partial charge in [0.2, 0.25) is 0 Å². The summed E-state index contributed by atoms with van der Waals surface area (Å²) < 4.78 is 0. The van der Waals surface area contributed by atoms with Gasteiger partial charge in [0.1, 0.15) is 17.0 Å². The van der Waals surface area contributed by atoms with Crippen LogP contribution in [0.4, 0.5) is 5.82 Å². The quantitative estimate of drug-likeness (QED) is 0.520. The van der Waals surface area contributed by atoms with E-state index < -0.39 is 0 Å². The first-order chi connectivity index (χ1) is 5.65. The number of aryl methyl sites for hydroxylation is 2. The first-order valence-electron chi connectivity index (χ1n) is 3.31. The number of nitrogens with zero attached hydrogens (tertiary/aromatic N) is 3. The summed E-state index contributed by atoms with van der Waals surface area (Å²) in [5.74, 6) is 1.01. The fourth-order valence-electron chi connectivity index (χ4n) is 0.901. The zero-order chi connectivity index (χ0) is 9.14. The molecule has 1 heterocycles. The molecular formula is C7H8N4S. The van der Waals surface area contributed by atoms with Crippen LogP contribution in [0.5, 0.6) is 0 Å². The van der Waals surface area contributed by atoms with Gasteiger partial charge in [0.05, 0.1) is 10.6 Å². The Bertz CT molecular complexity index is 319. The molecule has 0 bridgehead atoms. The van der Waals surface area contributed by atoms with Gasteiger partial charge in [-0.2, -0.15) is 5.26 Å². The van der Waals surface area contributed by atoms with E-state index >= 15 is 0 Å². The highest BCUT2D eigenvalue weighted by Gasteiger charge is 2.06. The minimum absolute atomic E-state index is 0.381. The predicted molar refractivity (Wildman–Crippen MR) is 47.4 cm³/mol. The number of nitrogen functional groups attached to an aromatic ring is 1. The van der Waals surface area contributed by atoms with Crippen LogP contribution in [0, 0.1) is 24.5 Å². The summed E-state index contributed by atoms with van der Waals surface area (Å²) in [7, 11) is 0. The minimum Gasteiger partial charge on any atom is -0.383 e. The second-order valence-electron chi connectivity index (χ2n) is 2.26. The molecule has 0 unspecified atom stereocenters. The van der Waals surface area contributed by atoms with Gasteiger partial charge >= 0.3 is 0 Å².